The van der Waals surface area contributed by atoms with Crippen LogP contribution in [0.5, 0.6) is 0 Å². The zero-order chi connectivity index (χ0) is 15.6. The van der Waals surface area contributed by atoms with Crippen molar-refractivity contribution in [2.45, 2.75) is 76.8 Å². The van der Waals surface area contributed by atoms with Crippen LogP contribution >= 0.6 is 11.8 Å². The summed E-state index contributed by atoms with van der Waals surface area (Å²) in [5.74, 6) is 1.55. The van der Waals surface area contributed by atoms with E-state index in [0.717, 1.165) is 13.0 Å². The summed E-state index contributed by atoms with van der Waals surface area (Å²) in [6, 6.07) is 0.0354. The van der Waals surface area contributed by atoms with E-state index in [9.17, 15) is 4.79 Å². The van der Waals surface area contributed by atoms with Gasteiger partial charge in [0.05, 0.1) is 12.2 Å². The Morgan fingerprint density at radius 3 is 2.48 bits per heavy atom. The van der Waals surface area contributed by atoms with Crippen LogP contribution in [0.3, 0.4) is 0 Å². The third-order valence-corrected chi connectivity index (χ3v) is 6.18. The van der Waals surface area contributed by atoms with Gasteiger partial charge in [-0.3, -0.25) is 10.1 Å². The molecule has 1 saturated heterocycles. The molecule has 0 aromatic heterocycles. The fourth-order valence-corrected chi connectivity index (χ4v) is 3.93. The summed E-state index contributed by atoms with van der Waals surface area (Å²) in [6.07, 6.45) is 8.57. The van der Waals surface area contributed by atoms with E-state index in [2.05, 4.69) is 44.2 Å². The fraction of sp³-hybridized carbons (Fsp3) is 0.941. The normalized spacial score (nSPS) is 28.1. The number of hydrogen-bond acceptors (Lipinski definition) is 3. The average Bonchev–Trinajstić information content (AvgIpc) is 3.01. The van der Waals surface area contributed by atoms with Gasteiger partial charge in [-0.05, 0) is 51.2 Å². The Balaban J connectivity index is 2.13. The maximum absolute atomic E-state index is 12.9. The van der Waals surface area contributed by atoms with Crippen molar-refractivity contribution in [3.8, 4) is 0 Å². The number of amides is 1. The van der Waals surface area contributed by atoms with Crippen molar-refractivity contribution in [3.63, 3.8) is 0 Å². The molecule has 2 fully saturated rings. The van der Waals surface area contributed by atoms with Gasteiger partial charge in [0.2, 0.25) is 5.91 Å². The van der Waals surface area contributed by atoms with Crippen molar-refractivity contribution in [1.82, 2.24) is 10.2 Å². The third kappa shape index (κ3) is 4.16. The number of rotatable bonds is 6. The Morgan fingerprint density at radius 2 is 1.95 bits per heavy atom. The molecule has 0 bridgehead atoms. The number of hydrogen-bond donors (Lipinski definition) is 1. The van der Waals surface area contributed by atoms with Gasteiger partial charge in [0.1, 0.15) is 0 Å². The van der Waals surface area contributed by atoms with E-state index in [-0.39, 0.29) is 17.0 Å². The predicted octanol–water partition coefficient (Wildman–Crippen LogP) is 3.49. The topological polar surface area (TPSA) is 32.3 Å². The highest BCUT2D eigenvalue weighted by molar-refractivity contribution is 7.99. The van der Waals surface area contributed by atoms with Gasteiger partial charge in [0, 0.05) is 11.3 Å². The Hall–Kier alpha value is -0.220. The molecule has 1 N–H and O–H groups in total. The fourth-order valence-electron chi connectivity index (χ4n) is 3.66. The average molecular weight is 313 g/mol. The van der Waals surface area contributed by atoms with Crippen molar-refractivity contribution in [2.24, 2.45) is 11.8 Å². The summed E-state index contributed by atoms with van der Waals surface area (Å²) in [4.78, 5) is 15.0. The molecule has 1 amide bonds. The van der Waals surface area contributed by atoms with Gasteiger partial charge >= 0.3 is 0 Å². The molecular formula is C17H32N2OS. The van der Waals surface area contributed by atoms with Gasteiger partial charge in [-0.2, -0.15) is 11.8 Å². The first kappa shape index (κ1) is 17.1. The van der Waals surface area contributed by atoms with E-state index in [4.69, 9.17) is 0 Å². The summed E-state index contributed by atoms with van der Waals surface area (Å²) in [7, 11) is 0. The number of thioether (sulfide) groups is 1. The summed E-state index contributed by atoms with van der Waals surface area (Å²) in [6.45, 7) is 9.75. The van der Waals surface area contributed by atoms with E-state index in [0.29, 0.717) is 17.7 Å². The van der Waals surface area contributed by atoms with Crippen molar-refractivity contribution in [2.75, 3.05) is 12.8 Å². The molecule has 2 rings (SSSR count). The zero-order valence-electron chi connectivity index (χ0n) is 14.3. The van der Waals surface area contributed by atoms with E-state index in [1.54, 1.807) is 0 Å². The number of carbonyl (C=O) groups is 1. The second kappa shape index (κ2) is 6.91. The van der Waals surface area contributed by atoms with Gasteiger partial charge < -0.3 is 4.90 Å². The molecule has 1 aliphatic carbocycles. The molecule has 2 atom stereocenters. The Bertz CT molecular complexity index is 364. The summed E-state index contributed by atoms with van der Waals surface area (Å²) in [5, 5.41) is 3.68. The minimum absolute atomic E-state index is 0.0354. The standard InChI is InChI=1S/C17H32N2OS/c1-12(2)10-14-16(20)19(11-17(3,4)21-5)15(18-14)13-8-6-7-9-13/h12-15,18H,6-11H2,1-5H3. The van der Waals surface area contributed by atoms with E-state index in [1.807, 2.05) is 11.8 Å². The van der Waals surface area contributed by atoms with Crippen molar-refractivity contribution in [1.29, 1.82) is 0 Å². The molecule has 1 heterocycles. The SMILES string of the molecule is CSC(C)(C)CN1C(=O)C(CC(C)C)NC1C1CCCC1. The van der Waals surface area contributed by atoms with Gasteiger partial charge in [0.25, 0.3) is 0 Å². The van der Waals surface area contributed by atoms with Gasteiger partial charge in [-0.1, -0.05) is 26.7 Å². The smallest absolute Gasteiger partial charge is 0.241 e. The first-order valence-electron chi connectivity index (χ1n) is 8.46. The second-order valence-electron chi connectivity index (χ2n) is 7.77. The highest BCUT2D eigenvalue weighted by Crippen LogP contribution is 2.35. The van der Waals surface area contributed by atoms with E-state index in [1.165, 1.54) is 25.7 Å². The lowest BCUT2D eigenvalue weighted by Crippen LogP contribution is -2.47. The quantitative estimate of drug-likeness (QED) is 0.815. The Morgan fingerprint density at radius 1 is 1.33 bits per heavy atom. The highest BCUT2D eigenvalue weighted by Gasteiger charge is 2.44. The summed E-state index contributed by atoms with van der Waals surface area (Å²) in [5.41, 5.74) is 0. The first-order valence-corrected chi connectivity index (χ1v) is 9.68. The van der Waals surface area contributed by atoms with Crippen molar-refractivity contribution >= 4 is 17.7 Å². The maximum atomic E-state index is 12.9. The molecule has 1 saturated carbocycles. The van der Waals surface area contributed by atoms with Crippen LogP contribution in [0.2, 0.25) is 0 Å². The minimum Gasteiger partial charge on any atom is -0.324 e. The van der Waals surface area contributed by atoms with Crippen LogP contribution in [-0.4, -0.2) is 40.6 Å². The predicted molar refractivity (Wildman–Crippen MR) is 91.4 cm³/mol. The summed E-state index contributed by atoms with van der Waals surface area (Å²) < 4.78 is 0.126. The highest BCUT2D eigenvalue weighted by atomic mass is 32.2. The monoisotopic (exact) mass is 312 g/mol. The van der Waals surface area contributed by atoms with Gasteiger partial charge in [-0.15, -0.1) is 0 Å². The van der Waals surface area contributed by atoms with Crippen molar-refractivity contribution < 1.29 is 4.79 Å². The molecule has 0 radical (unpaired) electrons. The third-order valence-electron chi connectivity index (χ3n) is 4.95. The molecule has 0 spiro atoms. The lowest BCUT2D eigenvalue weighted by molar-refractivity contribution is -0.131. The minimum atomic E-state index is 0.0354. The zero-order valence-corrected chi connectivity index (χ0v) is 15.1. The Kier molecular flexibility index (Phi) is 5.64. The van der Waals surface area contributed by atoms with E-state index >= 15 is 0 Å². The maximum Gasteiger partial charge on any atom is 0.241 e. The molecule has 122 valence electrons. The number of carbonyl (C=O) groups excluding carboxylic acids is 1. The van der Waals surface area contributed by atoms with Crippen LogP contribution in [0.25, 0.3) is 0 Å². The van der Waals surface area contributed by atoms with Crippen LogP contribution in [-0.2, 0) is 4.79 Å². The Labute approximate surface area is 134 Å². The molecular weight excluding hydrogens is 280 g/mol. The summed E-state index contributed by atoms with van der Waals surface area (Å²) >= 11 is 1.85. The lowest BCUT2D eigenvalue weighted by atomic mass is 10.0. The molecule has 21 heavy (non-hydrogen) atoms. The van der Waals surface area contributed by atoms with Crippen LogP contribution < -0.4 is 5.32 Å². The molecule has 1 aliphatic heterocycles. The molecule has 0 aromatic rings. The molecule has 2 unspecified atom stereocenters. The first-order chi connectivity index (χ1) is 9.84. The number of nitrogens with zero attached hydrogens (tertiary/aromatic N) is 1. The van der Waals surface area contributed by atoms with Gasteiger partial charge in [0.15, 0.2) is 0 Å². The van der Waals surface area contributed by atoms with Gasteiger partial charge in [-0.25, -0.2) is 0 Å². The molecule has 3 nitrogen and oxygen atoms in total. The second-order valence-corrected chi connectivity index (χ2v) is 9.28. The van der Waals surface area contributed by atoms with Crippen LogP contribution in [0, 0.1) is 11.8 Å². The van der Waals surface area contributed by atoms with Crippen LogP contribution in [0.4, 0.5) is 0 Å². The molecule has 4 heteroatoms. The van der Waals surface area contributed by atoms with Crippen LogP contribution in [0.1, 0.15) is 59.8 Å². The molecule has 0 aromatic carbocycles. The van der Waals surface area contributed by atoms with Crippen LogP contribution in [0.15, 0.2) is 0 Å². The molecule has 2 aliphatic rings. The van der Waals surface area contributed by atoms with Crippen molar-refractivity contribution in [3.05, 3.63) is 0 Å². The largest absolute Gasteiger partial charge is 0.324 e. The number of nitrogens with one attached hydrogen (secondary N) is 1. The lowest BCUT2D eigenvalue weighted by Gasteiger charge is -2.35. The van der Waals surface area contributed by atoms with E-state index < -0.39 is 0 Å².